The molecule has 0 radical (unpaired) electrons. The summed E-state index contributed by atoms with van der Waals surface area (Å²) in [5, 5.41) is 11.6. The van der Waals surface area contributed by atoms with Crippen LogP contribution in [0, 0.1) is 0 Å². The fourth-order valence-electron chi connectivity index (χ4n) is 2.72. The van der Waals surface area contributed by atoms with Crippen LogP contribution in [0.2, 0.25) is 10.0 Å². The minimum absolute atomic E-state index is 0. The van der Waals surface area contributed by atoms with E-state index in [0.717, 1.165) is 16.7 Å². The molecule has 0 saturated carbocycles. The number of rotatable bonds is 7. The number of phenolic OH excluding ortho intramolecular Hbond substituents is 1. The van der Waals surface area contributed by atoms with Gasteiger partial charge in [0.2, 0.25) is 0 Å². The lowest BCUT2D eigenvalue weighted by Gasteiger charge is -2.17. The summed E-state index contributed by atoms with van der Waals surface area (Å²) >= 11 is 12.1. The number of allylic oxidation sites excluding steroid dienone is 1. The van der Waals surface area contributed by atoms with Crippen molar-refractivity contribution in [1.29, 1.82) is 0 Å². The number of phenols is 1. The van der Waals surface area contributed by atoms with Crippen LogP contribution in [-0.2, 0) is 13.1 Å². The Labute approximate surface area is 182 Å². The number of carbonyl (C=O) groups excluding carboxylic acids is 1. The van der Waals surface area contributed by atoms with Crippen LogP contribution in [0.15, 0.2) is 36.4 Å². The molecule has 0 bridgehead atoms. The molecule has 152 valence electrons. The van der Waals surface area contributed by atoms with Crippen molar-refractivity contribution in [3.63, 3.8) is 0 Å². The van der Waals surface area contributed by atoms with Gasteiger partial charge in [0, 0.05) is 39.8 Å². The molecule has 0 aliphatic carbocycles. The van der Waals surface area contributed by atoms with Crippen molar-refractivity contribution < 1.29 is 9.90 Å². The Kier molecular flexibility index (Phi) is 9.48. The lowest BCUT2D eigenvalue weighted by Crippen LogP contribution is -2.15. The highest BCUT2D eigenvalue weighted by Crippen LogP contribution is 2.28. The van der Waals surface area contributed by atoms with Crippen LogP contribution >= 0.6 is 35.6 Å². The Morgan fingerprint density at radius 2 is 1.54 bits per heavy atom. The van der Waals surface area contributed by atoms with Crippen LogP contribution in [0.25, 0.3) is 6.08 Å². The van der Waals surface area contributed by atoms with Gasteiger partial charge in [0.25, 0.3) is 0 Å². The summed E-state index contributed by atoms with van der Waals surface area (Å²) in [5.74, 6) is 0.0831. The van der Waals surface area contributed by atoms with Crippen LogP contribution in [-0.4, -0.2) is 48.9 Å². The number of nitrogens with zero attached hydrogens (tertiary/aromatic N) is 2. The van der Waals surface area contributed by atoms with Crippen LogP contribution in [0.1, 0.15) is 27.0 Å². The van der Waals surface area contributed by atoms with E-state index in [1.807, 2.05) is 38.0 Å². The quantitative estimate of drug-likeness (QED) is 0.475. The first-order chi connectivity index (χ1) is 12.7. The number of aromatic hydroxyl groups is 1. The van der Waals surface area contributed by atoms with Gasteiger partial charge in [0.05, 0.1) is 0 Å². The zero-order valence-corrected chi connectivity index (χ0v) is 18.7. The number of hydrogen-bond acceptors (Lipinski definition) is 4. The van der Waals surface area contributed by atoms with Crippen LogP contribution < -0.4 is 0 Å². The van der Waals surface area contributed by atoms with Gasteiger partial charge in [-0.1, -0.05) is 29.3 Å². The fraction of sp³-hybridized carbons (Fsp3) is 0.286. The summed E-state index contributed by atoms with van der Waals surface area (Å²) < 4.78 is 0. The van der Waals surface area contributed by atoms with Crippen molar-refractivity contribution in [2.45, 2.75) is 13.1 Å². The average molecular weight is 444 g/mol. The number of benzene rings is 2. The third kappa shape index (κ3) is 6.80. The SMILES string of the molecule is CN(C)Cc1cc(C(=O)C=Cc2ccc(Cl)cc2Cl)cc(CN(C)C)c1O.Cl. The van der Waals surface area contributed by atoms with Gasteiger partial charge in [-0.3, -0.25) is 4.79 Å². The Morgan fingerprint density at radius 3 is 2.00 bits per heavy atom. The second-order valence-corrected chi connectivity index (χ2v) is 7.83. The van der Waals surface area contributed by atoms with Gasteiger partial charge in [-0.2, -0.15) is 0 Å². The Balaban J connectivity index is 0.00000392. The van der Waals surface area contributed by atoms with Crippen molar-refractivity contribution in [3.05, 3.63) is 68.7 Å². The Morgan fingerprint density at radius 1 is 1.00 bits per heavy atom. The molecule has 0 spiro atoms. The standard InChI is InChI=1S/C21H24Cl2N2O2.ClH/c1-24(2)12-16-9-15(10-17(21(16)27)13-25(3)4)20(26)8-6-14-5-7-18(22)11-19(14)23;/h5-11,27H,12-13H2,1-4H3;1H. The van der Waals surface area contributed by atoms with Crippen molar-refractivity contribution in [2.24, 2.45) is 0 Å². The van der Waals surface area contributed by atoms with Gasteiger partial charge in [-0.25, -0.2) is 0 Å². The van der Waals surface area contributed by atoms with Gasteiger partial charge in [-0.15, -0.1) is 12.4 Å². The van der Waals surface area contributed by atoms with Gasteiger partial charge in [-0.05, 0) is 70.2 Å². The highest BCUT2D eigenvalue weighted by atomic mass is 35.5. The number of carbonyl (C=O) groups is 1. The average Bonchev–Trinajstić information content (AvgIpc) is 2.56. The van der Waals surface area contributed by atoms with Gasteiger partial charge < -0.3 is 14.9 Å². The fourth-order valence-corrected chi connectivity index (χ4v) is 3.19. The molecule has 0 amide bonds. The van der Waals surface area contributed by atoms with Gasteiger partial charge in [0.1, 0.15) is 5.75 Å². The molecule has 28 heavy (non-hydrogen) atoms. The maximum absolute atomic E-state index is 12.7. The summed E-state index contributed by atoms with van der Waals surface area (Å²) in [5.41, 5.74) is 2.69. The largest absolute Gasteiger partial charge is 0.507 e. The molecule has 0 fully saturated rings. The molecule has 0 aliphatic rings. The molecule has 2 rings (SSSR count). The van der Waals surface area contributed by atoms with E-state index >= 15 is 0 Å². The zero-order chi connectivity index (χ0) is 20.1. The van der Waals surface area contributed by atoms with Crippen molar-refractivity contribution in [3.8, 4) is 5.75 Å². The van der Waals surface area contributed by atoms with Gasteiger partial charge in [0.15, 0.2) is 5.78 Å². The molecular weight excluding hydrogens is 419 g/mol. The van der Waals surface area contributed by atoms with E-state index in [1.54, 1.807) is 36.4 Å². The van der Waals surface area contributed by atoms with Crippen LogP contribution in [0.5, 0.6) is 5.75 Å². The summed E-state index contributed by atoms with van der Waals surface area (Å²) in [6.07, 6.45) is 3.16. The molecule has 2 aromatic carbocycles. The summed E-state index contributed by atoms with van der Waals surface area (Å²) in [6, 6.07) is 8.61. The maximum Gasteiger partial charge on any atom is 0.185 e. The summed E-state index contributed by atoms with van der Waals surface area (Å²) in [4.78, 5) is 16.6. The van der Waals surface area contributed by atoms with E-state index in [1.165, 1.54) is 6.08 Å². The van der Waals surface area contributed by atoms with E-state index in [-0.39, 0.29) is 23.9 Å². The molecule has 0 saturated heterocycles. The van der Waals surface area contributed by atoms with Crippen LogP contribution in [0.3, 0.4) is 0 Å². The first kappa shape index (κ1) is 24.5. The molecular formula is C21H25Cl3N2O2. The second-order valence-electron chi connectivity index (χ2n) is 6.98. The smallest absolute Gasteiger partial charge is 0.185 e. The Bertz CT molecular complexity index is 834. The number of hydrogen-bond donors (Lipinski definition) is 1. The van der Waals surface area contributed by atoms with E-state index in [2.05, 4.69) is 0 Å². The van der Waals surface area contributed by atoms with E-state index in [0.29, 0.717) is 28.7 Å². The summed E-state index contributed by atoms with van der Waals surface area (Å²) in [6.45, 7) is 1.08. The normalized spacial score (nSPS) is 11.3. The number of ketones is 1. The molecule has 0 atom stereocenters. The third-order valence-corrected chi connectivity index (χ3v) is 4.46. The minimum Gasteiger partial charge on any atom is -0.507 e. The highest BCUT2D eigenvalue weighted by Gasteiger charge is 2.14. The van der Waals surface area contributed by atoms with Crippen molar-refractivity contribution >= 4 is 47.5 Å². The molecule has 0 unspecified atom stereocenters. The van der Waals surface area contributed by atoms with E-state index < -0.39 is 0 Å². The first-order valence-corrected chi connectivity index (χ1v) is 9.24. The second kappa shape index (κ2) is 10.8. The maximum atomic E-state index is 12.7. The molecule has 7 heteroatoms. The minimum atomic E-state index is -0.152. The highest BCUT2D eigenvalue weighted by molar-refractivity contribution is 6.35. The molecule has 2 aromatic rings. The van der Waals surface area contributed by atoms with Crippen LogP contribution in [0.4, 0.5) is 0 Å². The predicted octanol–water partition coefficient (Wildman–Crippen LogP) is 5.14. The van der Waals surface area contributed by atoms with Crippen molar-refractivity contribution in [2.75, 3.05) is 28.2 Å². The van der Waals surface area contributed by atoms with E-state index in [9.17, 15) is 9.90 Å². The molecule has 1 N–H and O–H groups in total. The summed E-state index contributed by atoms with van der Waals surface area (Å²) in [7, 11) is 7.67. The van der Waals surface area contributed by atoms with Crippen molar-refractivity contribution in [1.82, 2.24) is 9.80 Å². The molecule has 4 nitrogen and oxygen atoms in total. The number of halogens is 3. The monoisotopic (exact) mass is 442 g/mol. The first-order valence-electron chi connectivity index (χ1n) is 8.49. The lowest BCUT2D eigenvalue weighted by molar-refractivity contribution is 0.104. The third-order valence-electron chi connectivity index (χ3n) is 3.90. The van der Waals surface area contributed by atoms with Gasteiger partial charge >= 0.3 is 0 Å². The molecule has 0 heterocycles. The molecule has 0 aromatic heterocycles. The Hall–Kier alpha value is -1.56. The lowest BCUT2D eigenvalue weighted by atomic mass is 10.00. The molecule has 0 aliphatic heterocycles. The van der Waals surface area contributed by atoms with E-state index in [4.69, 9.17) is 23.2 Å². The predicted molar refractivity (Wildman–Crippen MR) is 120 cm³/mol. The topological polar surface area (TPSA) is 43.8 Å². The zero-order valence-electron chi connectivity index (χ0n) is 16.4.